The molecule has 4 amide bonds. The van der Waals surface area contributed by atoms with Gasteiger partial charge < -0.3 is 15.3 Å². The third kappa shape index (κ3) is 7.97. The molecule has 1 aromatic rings. The molecule has 0 unspecified atom stereocenters. The Labute approximate surface area is 213 Å². The molecule has 1 fully saturated rings. The van der Waals surface area contributed by atoms with E-state index < -0.39 is 72.0 Å². The number of benzene rings is 1. The highest BCUT2D eigenvalue weighted by Gasteiger charge is 2.48. The van der Waals surface area contributed by atoms with Gasteiger partial charge in [-0.25, -0.2) is 24.2 Å². The first kappa shape index (κ1) is 29.2. The molecule has 0 spiro atoms. The van der Waals surface area contributed by atoms with Crippen molar-refractivity contribution in [3.63, 3.8) is 0 Å². The standard InChI is InChI=1S/C21H24N4O11S/c26-16-11-17(27)24(15(20(32)33)8-9-18(28)29)21(34)23(16)14(19(30)31)3-1-2-10-22-37-13-6-4-12(5-7-13)25(35)36/h4-7,14-15,22H,1-3,8-11H2,(H,28,29)(H,30,31)(H,32,33)/t14-,15-/m0/s1. The lowest BCUT2D eigenvalue weighted by atomic mass is 10.0. The van der Waals surface area contributed by atoms with Crippen LogP contribution >= 0.6 is 11.9 Å². The molecular formula is C21H24N4O11S. The summed E-state index contributed by atoms with van der Waals surface area (Å²) in [6.07, 6.45) is -1.74. The van der Waals surface area contributed by atoms with Gasteiger partial charge in [0.2, 0.25) is 11.8 Å². The number of nitro benzene ring substituents is 1. The molecule has 0 saturated carbocycles. The number of carboxylic acid groups (broad SMARTS) is 3. The number of aliphatic carboxylic acids is 3. The summed E-state index contributed by atoms with van der Waals surface area (Å²) in [6.45, 7) is 0.386. The Morgan fingerprint density at radius 2 is 1.49 bits per heavy atom. The van der Waals surface area contributed by atoms with Crippen LogP contribution in [0.15, 0.2) is 29.2 Å². The first-order valence-corrected chi connectivity index (χ1v) is 11.7. The number of unbranched alkanes of at least 4 members (excludes halogenated alkanes) is 1. The Morgan fingerprint density at radius 3 is 1.97 bits per heavy atom. The van der Waals surface area contributed by atoms with Gasteiger partial charge in [-0.05, 0) is 49.8 Å². The minimum Gasteiger partial charge on any atom is -0.481 e. The second-order valence-electron chi connectivity index (χ2n) is 7.87. The molecule has 37 heavy (non-hydrogen) atoms. The quantitative estimate of drug-likeness (QED) is 0.0810. The van der Waals surface area contributed by atoms with E-state index in [0.717, 1.165) is 0 Å². The molecule has 1 aromatic carbocycles. The number of rotatable bonds is 15. The number of nitro groups is 1. The van der Waals surface area contributed by atoms with Gasteiger partial charge in [0.15, 0.2) is 0 Å². The average Bonchev–Trinajstić information content (AvgIpc) is 2.81. The summed E-state index contributed by atoms with van der Waals surface area (Å²) in [7, 11) is 0. The summed E-state index contributed by atoms with van der Waals surface area (Å²) < 4.78 is 3.00. The molecule has 2 atom stereocenters. The van der Waals surface area contributed by atoms with Crippen molar-refractivity contribution in [3.8, 4) is 0 Å². The van der Waals surface area contributed by atoms with Gasteiger partial charge >= 0.3 is 23.9 Å². The zero-order valence-electron chi connectivity index (χ0n) is 19.3. The van der Waals surface area contributed by atoms with E-state index in [2.05, 4.69) is 4.72 Å². The molecule has 1 saturated heterocycles. The Kier molecular flexibility index (Phi) is 10.5. The summed E-state index contributed by atoms with van der Waals surface area (Å²) in [5.74, 6) is -6.80. The maximum Gasteiger partial charge on any atom is 0.335 e. The number of hydrogen-bond acceptors (Lipinski definition) is 10. The number of imide groups is 2. The molecule has 0 bridgehead atoms. The molecule has 200 valence electrons. The molecule has 1 aliphatic rings. The Bertz CT molecular complexity index is 1080. The van der Waals surface area contributed by atoms with E-state index in [1.165, 1.54) is 24.1 Å². The molecule has 2 rings (SSSR count). The second-order valence-corrected chi connectivity index (χ2v) is 8.83. The third-order valence-electron chi connectivity index (χ3n) is 5.32. The highest BCUT2D eigenvalue weighted by Crippen LogP contribution is 2.23. The number of hydrogen-bond donors (Lipinski definition) is 4. The maximum atomic E-state index is 12.9. The van der Waals surface area contributed by atoms with Crippen molar-refractivity contribution >= 4 is 53.4 Å². The zero-order chi connectivity index (χ0) is 27.7. The van der Waals surface area contributed by atoms with E-state index >= 15 is 0 Å². The van der Waals surface area contributed by atoms with E-state index in [-0.39, 0.29) is 23.4 Å². The number of carbonyl (C=O) groups is 6. The van der Waals surface area contributed by atoms with Crippen molar-refractivity contribution in [3.05, 3.63) is 34.4 Å². The molecule has 15 nitrogen and oxygen atoms in total. The highest BCUT2D eigenvalue weighted by atomic mass is 32.2. The van der Waals surface area contributed by atoms with Crippen LogP contribution in [0.1, 0.15) is 38.5 Å². The summed E-state index contributed by atoms with van der Waals surface area (Å²) in [5, 5.41) is 38.6. The minimum absolute atomic E-state index is 0.0531. The highest BCUT2D eigenvalue weighted by molar-refractivity contribution is 7.97. The van der Waals surface area contributed by atoms with Crippen LogP contribution in [0.3, 0.4) is 0 Å². The Hall–Kier alpha value is -4.05. The van der Waals surface area contributed by atoms with Crippen LogP contribution in [0.5, 0.6) is 0 Å². The van der Waals surface area contributed by atoms with Gasteiger partial charge in [-0.15, -0.1) is 0 Å². The summed E-state index contributed by atoms with van der Waals surface area (Å²) in [4.78, 5) is 83.4. The lowest BCUT2D eigenvalue weighted by Gasteiger charge is -2.38. The average molecular weight is 541 g/mol. The number of non-ortho nitro benzene ring substituents is 1. The fourth-order valence-electron chi connectivity index (χ4n) is 3.53. The van der Waals surface area contributed by atoms with Gasteiger partial charge in [0.05, 0.1) is 4.92 Å². The fourth-order valence-corrected chi connectivity index (χ4v) is 4.22. The van der Waals surface area contributed by atoms with Gasteiger partial charge in [0.1, 0.15) is 18.5 Å². The van der Waals surface area contributed by atoms with Crippen molar-refractivity contribution in [2.75, 3.05) is 6.54 Å². The Morgan fingerprint density at radius 1 is 0.946 bits per heavy atom. The van der Waals surface area contributed by atoms with Crippen molar-refractivity contribution in [2.45, 2.75) is 55.5 Å². The number of carboxylic acids is 3. The molecule has 0 aliphatic carbocycles. The number of amides is 4. The van der Waals surface area contributed by atoms with E-state index in [1.807, 2.05) is 0 Å². The monoisotopic (exact) mass is 540 g/mol. The van der Waals surface area contributed by atoms with E-state index in [9.17, 15) is 49.1 Å². The summed E-state index contributed by atoms with van der Waals surface area (Å²) >= 11 is 1.20. The van der Waals surface area contributed by atoms with E-state index in [1.54, 1.807) is 12.1 Å². The third-order valence-corrected chi connectivity index (χ3v) is 6.18. The molecule has 1 aliphatic heterocycles. The lowest BCUT2D eigenvalue weighted by Crippen LogP contribution is -2.63. The molecule has 4 N–H and O–H groups in total. The number of nitrogens with one attached hydrogen (secondary N) is 1. The number of nitrogens with zero attached hydrogens (tertiary/aromatic N) is 3. The summed E-state index contributed by atoms with van der Waals surface area (Å²) in [6, 6.07) is 0.847. The van der Waals surface area contributed by atoms with Gasteiger partial charge in [-0.1, -0.05) is 0 Å². The molecule has 16 heteroatoms. The van der Waals surface area contributed by atoms with Gasteiger partial charge in [-0.2, -0.15) is 0 Å². The SMILES string of the molecule is O=C(O)CC[C@@H](C(=O)O)N1C(=O)CC(=O)N([C@@H](CCCCNSc2ccc([N+](=O)[O-])cc2)C(=O)O)C1=O. The largest absolute Gasteiger partial charge is 0.481 e. The zero-order valence-corrected chi connectivity index (χ0v) is 20.1. The Balaban J connectivity index is 1.98. The van der Waals surface area contributed by atoms with Crippen LogP contribution in [0.2, 0.25) is 0 Å². The van der Waals surface area contributed by atoms with Gasteiger partial charge in [-0.3, -0.25) is 29.2 Å². The van der Waals surface area contributed by atoms with Crippen LogP contribution in [-0.2, 0) is 24.0 Å². The van der Waals surface area contributed by atoms with Crippen LogP contribution in [-0.4, -0.2) is 84.4 Å². The van der Waals surface area contributed by atoms with Crippen LogP contribution in [0, 0.1) is 10.1 Å². The number of urea groups is 1. The first-order valence-electron chi connectivity index (χ1n) is 10.9. The molecule has 0 radical (unpaired) electrons. The van der Waals surface area contributed by atoms with Crippen LogP contribution in [0.25, 0.3) is 0 Å². The smallest absolute Gasteiger partial charge is 0.335 e. The van der Waals surface area contributed by atoms with Crippen LogP contribution in [0.4, 0.5) is 10.5 Å². The topological polar surface area (TPSA) is 225 Å². The van der Waals surface area contributed by atoms with E-state index in [0.29, 0.717) is 22.8 Å². The molecule has 0 aromatic heterocycles. The van der Waals surface area contributed by atoms with Crippen LogP contribution < -0.4 is 4.72 Å². The summed E-state index contributed by atoms with van der Waals surface area (Å²) in [5.41, 5.74) is -0.0531. The second kappa shape index (κ2) is 13.3. The first-order chi connectivity index (χ1) is 17.4. The molecular weight excluding hydrogens is 516 g/mol. The van der Waals surface area contributed by atoms with Crippen molar-refractivity contribution in [1.82, 2.24) is 14.5 Å². The predicted octanol–water partition coefficient (Wildman–Crippen LogP) is 1.31. The normalized spacial score (nSPS) is 15.4. The van der Waals surface area contributed by atoms with Crippen molar-refractivity contribution in [2.24, 2.45) is 0 Å². The lowest BCUT2D eigenvalue weighted by molar-refractivity contribution is -0.384. The molecule has 1 heterocycles. The van der Waals surface area contributed by atoms with Gasteiger partial charge in [0, 0.05) is 30.0 Å². The van der Waals surface area contributed by atoms with E-state index in [4.69, 9.17) is 5.11 Å². The fraction of sp³-hybridized carbons (Fsp3) is 0.429. The predicted molar refractivity (Wildman–Crippen MR) is 124 cm³/mol. The van der Waals surface area contributed by atoms with Crippen molar-refractivity contribution in [1.29, 1.82) is 0 Å². The number of barbiturate groups is 1. The maximum absolute atomic E-state index is 12.9. The number of carbonyl (C=O) groups excluding carboxylic acids is 3. The van der Waals surface area contributed by atoms with Gasteiger partial charge in [0.25, 0.3) is 5.69 Å². The minimum atomic E-state index is -1.87. The van der Waals surface area contributed by atoms with Crippen molar-refractivity contribution < 1.29 is 49.0 Å².